The summed E-state index contributed by atoms with van der Waals surface area (Å²) < 4.78 is 40.2. The normalized spacial score (nSPS) is 11.8. The Morgan fingerprint density at radius 1 is 1.50 bits per heavy atom. The summed E-state index contributed by atoms with van der Waals surface area (Å²) in [5.74, 6) is -0.970. The quantitative estimate of drug-likeness (QED) is 0.785. The van der Waals surface area contributed by atoms with Crippen molar-refractivity contribution in [1.29, 1.82) is 0 Å². The van der Waals surface area contributed by atoms with Crippen molar-refractivity contribution in [2.24, 2.45) is 0 Å². The highest BCUT2D eigenvalue weighted by Gasteiger charge is 2.28. The molecule has 0 spiro atoms. The summed E-state index contributed by atoms with van der Waals surface area (Å²) in [6.45, 7) is 5.02. The molecule has 0 heterocycles. The van der Waals surface area contributed by atoms with E-state index in [-0.39, 0.29) is 23.7 Å². The van der Waals surface area contributed by atoms with Gasteiger partial charge in [0.1, 0.15) is 10.7 Å². The summed E-state index contributed by atoms with van der Waals surface area (Å²) >= 11 is 5.78. The van der Waals surface area contributed by atoms with Crippen LogP contribution in [0.2, 0.25) is 5.02 Å². The lowest BCUT2D eigenvalue weighted by atomic mass is 10.2. The first-order chi connectivity index (χ1) is 9.38. The summed E-state index contributed by atoms with van der Waals surface area (Å²) in [5, 5.41) is 9.11. The second-order valence-corrected chi connectivity index (χ2v) is 6.53. The van der Waals surface area contributed by atoms with Crippen LogP contribution < -0.4 is 0 Å². The van der Waals surface area contributed by atoms with Gasteiger partial charge < -0.3 is 5.11 Å². The molecule has 0 aliphatic carbocycles. The fourth-order valence-corrected chi connectivity index (χ4v) is 3.70. The van der Waals surface area contributed by atoms with E-state index in [2.05, 4.69) is 6.58 Å². The minimum atomic E-state index is -4.02. The number of hydrogen-bond donors (Lipinski definition) is 1. The van der Waals surface area contributed by atoms with E-state index in [0.717, 1.165) is 10.4 Å². The molecule has 0 aliphatic rings. The average molecular weight is 322 g/mol. The van der Waals surface area contributed by atoms with Crippen molar-refractivity contribution in [3.63, 3.8) is 0 Å². The molecular formula is C13H17ClFNO3S. The SMILES string of the molecule is C=CCN(CCC)S(=O)(=O)c1cc(Cl)cc(CO)c1F. The number of halogens is 2. The van der Waals surface area contributed by atoms with Gasteiger partial charge in [0.15, 0.2) is 0 Å². The molecule has 1 aromatic rings. The molecule has 0 saturated heterocycles. The van der Waals surface area contributed by atoms with Crippen LogP contribution in [0.5, 0.6) is 0 Å². The van der Waals surface area contributed by atoms with Crippen molar-refractivity contribution in [1.82, 2.24) is 4.31 Å². The van der Waals surface area contributed by atoms with Gasteiger partial charge in [0.2, 0.25) is 10.0 Å². The van der Waals surface area contributed by atoms with Crippen molar-refractivity contribution in [3.8, 4) is 0 Å². The minimum Gasteiger partial charge on any atom is -0.392 e. The summed E-state index contributed by atoms with van der Waals surface area (Å²) in [6, 6.07) is 2.25. The Bertz CT molecular complexity index is 590. The second kappa shape index (κ2) is 7.17. The molecule has 0 unspecified atom stereocenters. The van der Waals surface area contributed by atoms with Crippen LogP contribution in [0.25, 0.3) is 0 Å². The van der Waals surface area contributed by atoms with Crippen LogP contribution in [0.3, 0.4) is 0 Å². The predicted molar refractivity (Wildman–Crippen MR) is 76.6 cm³/mol. The Labute approximate surface area is 123 Å². The van der Waals surface area contributed by atoms with Crippen LogP contribution >= 0.6 is 11.6 Å². The monoisotopic (exact) mass is 321 g/mol. The number of sulfonamides is 1. The highest BCUT2D eigenvalue weighted by atomic mass is 35.5. The molecule has 112 valence electrons. The zero-order valence-corrected chi connectivity index (χ0v) is 12.7. The van der Waals surface area contributed by atoms with Crippen LogP contribution in [0.4, 0.5) is 4.39 Å². The molecular weight excluding hydrogens is 305 g/mol. The smallest absolute Gasteiger partial charge is 0.246 e. The maximum absolute atomic E-state index is 14.1. The maximum atomic E-state index is 14.1. The molecule has 20 heavy (non-hydrogen) atoms. The molecule has 0 fully saturated rings. The van der Waals surface area contributed by atoms with E-state index in [9.17, 15) is 12.8 Å². The zero-order valence-electron chi connectivity index (χ0n) is 11.1. The van der Waals surface area contributed by atoms with Crippen LogP contribution in [-0.4, -0.2) is 30.9 Å². The van der Waals surface area contributed by atoms with Crippen molar-refractivity contribution in [3.05, 3.63) is 41.2 Å². The van der Waals surface area contributed by atoms with E-state index in [0.29, 0.717) is 6.42 Å². The van der Waals surface area contributed by atoms with Crippen LogP contribution in [0.15, 0.2) is 29.7 Å². The van der Waals surface area contributed by atoms with Crippen LogP contribution in [-0.2, 0) is 16.6 Å². The van der Waals surface area contributed by atoms with E-state index < -0.39 is 27.3 Å². The number of aliphatic hydroxyl groups excluding tert-OH is 1. The largest absolute Gasteiger partial charge is 0.392 e. The molecule has 0 radical (unpaired) electrons. The summed E-state index contributed by atoms with van der Waals surface area (Å²) in [4.78, 5) is -0.524. The Morgan fingerprint density at radius 2 is 2.15 bits per heavy atom. The standard InChI is InChI=1S/C13H17ClFNO3S/c1-3-5-16(6-4-2)20(18,19)12-8-11(14)7-10(9-17)13(12)15/h3,7-8,17H,1,4-6,9H2,2H3. The fourth-order valence-electron chi connectivity index (χ4n) is 1.76. The van der Waals surface area contributed by atoms with E-state index in [4.69, 9.17) is 16.7 Å². The number of rotatable bonds is 7. The summed E-state index contributed by atoms with van der Waals surface area (Å²) in [5.41, 5.74) is -0.147. The number of hydrogen-bond acceptors (Lipinski definition) is 3. The van der Waals surface area contributed by atoms with Gasteiger partial charge in [-0.1, -0.05) is 24.6 Å². The molecule has 0 saturated carbocycles. The minimum absolute atomic E-state index is 0.0593. The van der Waals surface area contributed by atoms with Gasteiger partial charge in [-0.15, -0.1) is 6.58 Å². The van der Waals surface area contributed by atoms with Crippen molar-refractivity contribution in [2.75, 3.05) is 13.1 Å². The summed E-state index contributed by atoms with van der Waals surface area (Å²) in [7, 11) is -4.02. The lowest BCUT2D eigenvalue weighted by Crippen LogP contribution is -2.32. The van der Waals surface area contributed by atoms with Crippen molar-refractivity contribution in [2.45, 2.75) is 24.8 Å². The third-order valence-electron chi connectivity index (χ3n) is 2.67. The fraction of sp³-hybridized carbons (Fsp3) is 0.385. The third kappa shape index (κ3) is 3.58. The Balaban J connectivity index is 3.40. The predicted octanol–water partition coefficient (Wildman–Crippen LogP) is 2.56. The number of nitrogens with zero attached hydrogens (tertiary/aromatic N) is 1. The molecule has 0 amide bonds. The zero-order chi connectivity index (χ0) is 15.3. The molecule has 0 aliphatic heterocycles. The van der Waals surface area contributed by atoms with Gasteiger partial charge in [0, 0.05) is 23.7 Å². The van der Waals surface area contributed by atoms with Gasteiger partial charge in [0.25, 0.3) is 0 Å². The molecule has 4 nitrogen and oxygen atoms in total. The van der Waals surface area contributed by atoms with Gasteiger partial charge in [-0.25, -0.2) is 12.8 Å². The van der Waals surface area contributed by atoms with E-state index in [1.54, 1.807) is 0 Å². The molecule has 1 N–H and O–H groups in total. The molecule has 0 atom stereocenters. The molecule has 0 bridgehead atoms. The molecule has 1 aromatic carbocycles. The van der Waals surface area contributed by atoms with Crippen molar-refractivity contribution >= 4 is 21.6 Å². The van der Waals surface area contributed by atoms with Crippen LogP contribution in [0.1, 0.15) is 18.9 Å². The molecule has 7 heteroatoms. The highest BCUT2D eigenvalue weighted by molar-refractivity contribution is 7.89. The third-order valence-corrected chi connectivity index (χ3v) is 4.76. The summed E-state index contributed by atoms with van der Waals surface area (Å²) in [6.07, 6.45) is 2.02. The van der Waals surface area contributed by atoms with Gasteiger partial charge >= 0.3 is 0 Å². The highest BCUT2D eigenvalue weighted by Crippen LogP contribution is 2.26. The van der Waals surface area contributed by atoms with E-state index >= 15 is 0 Å². The topological polar surface area (TPSA) is 57.6 Å². The number of aliphatic hydroxyl groups is 1. The number of benzene rings is 1. The van der Waals surface area contributed by atoms with Crippen LogP contribution in [0, 0.1) is 5.82 Å². The van der Waals surface area contributed by atoms with Gasteiger partial charge in [-0.2, -0.15) is 4.31 Å². The lowest BCUT2D eigenvalue weighted by molar-refractivity contribution is 0.274. The van der Waals surface area contributed by atoms with E-state index in [1.807, 2.05) is 6.92 Å². The first-order valence-electron chi connectivity index (χ1n) is 6.08. The first kappa shape index (κ1) is 17.1. The van der Waals surface area contributed by atoms with Gasteiger partial charge in [0.05, 0.1) is 6.61 Å². The average Bonchev–Trinajstić information content (AvgIpc) is 2.40. The Hall–Kier alpha value is -0.950. The maximum Gasteiger partial charge on any atom is 0.246 e. The van der Waals surface area contributed by atoms with Gasteiger partial charge in [-0.05, 0) is 18.6 Å². The second-order valence-electron chi connectivity index (χ2n) is 4.19. The Morgan fingerprint density at radius 3 is 2.65 bits per heavy atom. The molecule has 1 rings (SSSR count). The molecule has 0 aromatic heterocycles. The first-order valence-corrected chi connectivity index (χ1v) is 7.90. The lowest BCUT2D eigenvalue weighted by Gasteiger charge is -2.21. The Kier molecular flexibility index (Phi) is 6.13. The van der Waals surface area contributed by atoms with E-state index in [1.165, 1.54) is 12.1 Å². The van der Waals surface area contributed by atoms with Crippen molar-refractivity contribution < 1.29 is 17.9 Å². The van der Waals surface area contributed by atoms with Gasteiger partial charge in [-0.3, -0.25) is 0 Å².